The van der Waals surface area contributed by atoms with Gasteiger partial charge in [-0.3, -0.25) is 14.4 Å². The average Bonchev–Trinajstić information content (AvgIpc) is 3.22. The van der Waals surface area contributed by atoms with Gasteiger partial charge in [-0.25, -0.2) is 4.98 Å². The van der Waals surface area contributed by atoms with Crippen molar-refractivity contribution in [2.24, 2.45) is 0 Å². The van der Waals surface area contributed by atoms with Gasteiger partial charge >= 0.3 is 0 Å². The zero-order valence-corrected chi connectivity index (χ0v) is 14.2. The molecule has 1 amide bonds. The quantitative estimate of drug-likeness (QED) is 0.686. The number of Topliss-reactive ketones (excluding diaryl/α,β-unsaturated/α-hetero) is 1. The van der Waals surface area contributed by atoms with Crippen LogP contribution in [0.15, 0.2) is 60.9 Å². The van der Waals surface area contributed by atoms with Crippen molar-refractivity contribution in [1.82, 2.24) is 9.97 Å². The first-order chi connectivity index (χ1) is 13.1. The molecule has 0 bridgehead atoms. The number of amides is 1. The van der Waals surface area contributed by atoms with Crippen LogP contribution in [0.3, 0.4) is 0 Å². The number of benzene rings is 2. The lowest BCUT2D eigenvalue weighted by Crippen LogP contribution is -2.36. The van der Waals surface area contributed by atoms with Crippen molar-refractivity contribution >= 4 is 34.8 Å². The van der Waals surface area contributed by atoms with Gasteiger partial charge in [0.1, 0.15) is 0 Å². The zero-order valence-electron chi connectivity index (χ0n) is 14.2. The highest BCUT2D eigenvalue weighted by Gasteiger charge is 2.18. The van der Waals surface area contributed by atoms with Crippen LogP contribution in [0, 0.1) is 0 Å². The number of carbonyl (C=O) groups excluding carboxylic acids is 3. The van der Waals surface area contributed by atoms with Crippen LogP contribution in [-0.4, -0.2) is 27.4 Å². The SMILES string of the molecule is O=C1C=c2ccccc2=C(C(=O)Nc2ccc(C(=O)c3ncc[nH]3)cc2)C1. The van der Waals surface area contributed by atoms with E-state index in [2.05, 4.69) is 15.3 Å². The molecule has 2 N–H and O–H groups in total. The van der Waals surface area contributed by atoms with Crippen molar-refractivity contribution in [1.29, 1.82) is 0 Å². The molecule has 1 aliphatic carbocycles. The van der Waals surface area contributed by atoms with E-state index in [0.29, 0.717) is 16.8 Å². The van der Waals surface area contributed by atoms with E-state index in [-0.39, 0.29) is 29.7 Å². The van der Waals surface area contributed by atoms with E-state index in [9.17, 15) is 14.4 Å². The molecule has 6 nitrogen and oxygen atoms in total. The van der Waals surface area contributed by atoms with Crippen molar-refractivity contribution in [2.75, 3.05) is 5.32 Å². The first-order valence-corrected chi connectivity index (χ1v) is 8.40. The van der Waals surface area contributed by atoms with Crippen molar-refractivity contribution in [3.8, 4) is 0 Å². The first-order valence-electron chi connectivity index (χ1n) is 8.40. The first kappa shape index (κ1) is 16.7. The van der Waals surface area contributed by atoms with Crippen LogP contribution in [0.5, 0.6) is 0 Å². The highest BCUT2D eigenvalue weighted by molar-refractivity contribution is 6.27. The molecule has 27 heavy (non-hydrogen) atoms. The summed E-state index contributed by atoms with van der Waals surface area (Å²) in [6.07, 6.45) is 4.72. The Morgan fingerprint density at radius 1 is 1.04 bits per heavy atom. The Hall–Kier alpha value is -3.80. The number of hydrogen-bond donors (Lipinski definition) is 2. The number of nitrogens with zero attached hydrogens (tertiary/aromatic N) is 1. The normalized spacial score (nSPS) is 12.9. The van der Waals surface area contributed by atoms with Gasteiger partial charge in [-0.15, -0.1) is 0 Å². The molecule has 1 aliphatic rings. The molecular formula is C21H15N3O3. The fourth-order valence-electron chi connectivity index (χ4n) is 3.03. The van der Waals surface area contributed by atoms with E-state index >= 15 is 0 Å². The predicted molar refractivity (Wildman–Crippen MR) is 100 cm³/mol. The Bertz CT molecular complexity index is 1160. The number of H-pyrrole nitrogens is 1. The number of nitrogens with one attached hydrogen (secondary N) is 2. The lowest BCUT2D eigenvalue weighted by molar-refractivity contribution is -0.115. The molecule has 0 saturated carbocycles. The minimum absolute atomic E-state index is 0.0674. The van der Waals surface area contributed by atoms with Crippen molar-refractivity contribution in [3.05, 3.63) is 82.7 Å². The monoisotopic (exact) mass is 357 g/mol. The summed E-state index contributed by atoms with van der Waals surface area (Å²) in [5.74, 6) is -0.391. The third kappa shape index (κ3) is 3.32. The highest BCUT2D eigenvalue weighted by Crippen LogP contribution is 2.15. The summed E-state index contributed by atoms with van der Waals surface area (Å²) in [4.78, 5) is 43.6. The maximum Gasteiger partial charge on any atom is 0.252 e. The number of aromatic nitrogens is 2. The summed E-state index contributed by atoms with van der Waals surface area (Å²) >= 11 is 0. The van der Waals surface area contributed by atoms with Gasteiger partial charge in [0.15, 0.2) is 11.6 Å². The maximum absolute atomic E-state index is 12.7. The molecule has 0 radical (unpaired) electrons. The highest BCUT2D eigenvalue weighted by atomic mass is 16.2. The molecule has 4 rings (SSSR count). The Balaban J connectivity index is 1.58. The van der Waals surface area contributed by atoms with E-state index < -0.39 is 0 Å². The molecule has 6 heteroatoms. The number of rotatable bonds is 4. The van der Waals surface area contributed by atoms with Crippen LogP contribution >= 0.6 is 0 Å². The van der Waals surface area contributed by atoms with Crippen LogP contribution in [0.1, 0.15) is 22.6 Å². The van der Waals surface area contributed by atoms with E-state index in [1.54, 1.807) is 36.5 Å². The van der Waals surface area contributed by atoms with Crippen LogP contribution in [0.25, 0.3) is 11.6 Å². The molecule has 0 atom stereocenters. The lowest BCUT2D eigenvalue weighted by Gasteiger charge is -2.11. The summed E-state index contributed by atoms with van der Waals surface area (Å²) in [7, 11) is 0. The molecule has 0 spiro atoms. The average molecular weight is 357 g/mol. The molecule has 132 valence electrons. The van der Waals surface area contributed by atoms with Crippen LogP contribution in [0.4, 0.5) is 5.69 Å². The van der Waals surface area contributed by atoms with Gasteiger partial charge < -0.3 is 10.3 Å². The van der Waals surface area contributed by atoms with E-state index in [1.807, 2.05) is 24.3 Å². The van der Waals surface area contributed by atoms with Gasteiger partial charge in [-0.1, -0.05) is 24.3 Å². The minimum atomic E-state index is -0.325. The number of anilines is 1. The number of hydrogen-bond acceptors (Lipinski definition) is 4. The predicted octanol–water partition coefficient (Wildman–Crippen LogP) is 1.18. The molecule has 0 unspecified atom stereocenters. The number of ketones is 2. The number of imidazole rings is 1. The Morgan fingerprint density at radius 2 is 1.81 bits per heavy atom. The molecule has 1 heterocycles. The topological polar surface area (TPSA) is 91.9 Å². The summed E-state index contributed by atoms with van der Waals surface area (Å²) in [6.45, 7) is 0. The summed E-state index contributed by atoms with van der Waals surface area (Å²) in [6, 6.07) is 13.9. The largest absolute Gasteiger partial charge is 0.342 e. The molecule has 1 aromatic heterocycles. The zero-order chi connectivity index (χ0) is 18.8. The number of fused-ring (bicyclic) bond motifs is 1. The second kappa shape index (κ2) is 6.84. The van der Waals surface area contributed by atoms with Crippen LogP contribution in [0.2, 0.25) is 0 Å². The van der Waals surface area contributed by atoms with E-state index in [1.165, 1.54) is 6.20 Å². The Labute approximate surface area is 154 Å². The maximum atomic E-state index is 12.7. The molecule has 2 aromatic carbocycles. The third-order valence-electron chi connectivity index (χ3n) is 4.35. The summed E-state index contributed by atoms with van der Waals surface area (Å²) in [5, 5.41) is 4.31. The summed E-state index contributed by atoms with van der Waals surface area (Å²) < 4.78 is 0. The molecule has 0 saturated heterocycles. The van der Waals surface area contributed by atoms with Gasteiger partial charge in [-0.05, 0) is 40.8 Å². The fourth-order valence-corrected chi connectivity index (χ4v) is 3.03. The third-order valence-corrected chi connectivity index (χ3v) is 4.35. The van der Waals surface area contributed by atoms with Crippen molar-refractivity contribution < 1.29 is 14.4 Å². The standard InChI is InChI=1S/C21H15N3O3/c25-16-11-14-3-1-2-4-17(14)18(12-16)21(27)24-15-7-5-13(6-8-15)19(26)20-22-9-10-23-20/h1-11H,12H2,(H,22,23)(H,24,27). The van der Waals surface area contributed by atoms with Crippen molar-refractivity contribution in [3.63, 3.8) is 0 Å². The number of carbonyl (C=O) groups is 3. The second-order valence-corrected chi connectivity index (χ2v) is 6.15. The van der Waals surface area contributed by atoms with Gasteiger partial charge in [0.25, 0.3) is 5.91 Å². The van der Waals surface area contributed by atoms with E-state index in [0.717, 1.165) is 10.4 Å². The molecule has 0 aliphatic heterocycles. The van der Waals surface area contributed by atoms with Gasteiger partial charge in [0.05, 0.1) is 0 Å². The summed E-state index contributed by atoms with van der Waals surface area (Å²) in [5.41, 5.74) is 1.44. The van der Waals surface area contributed by atoms with Crippen LogP contribution < -0.4 is 15.8 Å². The molecule has 0 fully saturated rings. The minimum Gasteiger partial charge on any atom is -0.342 e. The smallest absolute Gasteiger partial charge is 0.252 e. The lowest BCUT2D eigenvalue weighted by atomic mass is 9.98. The fraction of sp³-hybridized carbons (Fsp3) is 0.0476. The molecular weight excluding hydrogens is 342 g/mol. The number of aromatic amines is 1. The van der Waals surface area contributed by atoms with E-state index in [4.69, 9.17) is 0 Å². The Morgan fingerprint density at radius 3 is 2.56 bits per heavy atom. The van der Waals surface area contributed by atoms with Crippen LogP contribution in [-0.2, 0) is 9.59 Å². The van der Waals surface area contributed by atoms with Crippen molar-refractivity contribution in [2.45, 2.75) is 6.42 Å². The van der Waals surface area contributed by atoms with Gasteiger partial charge in [0.2, 0.25) is 5.78 Å². The second-order valence-electron chi connectivity index (χ2n) is 6.15. The Kier molecular flexibility index (Phi) is 4.22. The van der Waals surface area contributed by atoms with Gasteiger partial charge in [0, 0.05) is 35.6 Å². The molecule has 3 aromatic rings. The van der Waals surface area contributed by atoms with Gasteiger partial charge in [-0.2, -0.15) is 0 Å².